The topological polar surface area (TPSA) is 84.9 Å². The van der Waals surface area contributed by atoms with Crippen molar-refractivity contribution in [3.05, 3.63) is 76.8 Å². The lowest BCUT2D eigenvalue weighted by Gasteiger charge is -2.25. The van der Waals surface area contributed by atoms with Gasteiger partial charge in [0, 0.05) is 11.1 Å². The number of hydrogen-bond donors (Lipinski definition) is 1. The van der Waals surface area contributed by atoms with Crippen LogP contribution in [0, 0.1) is 6.92 Å². The normalized spacial score (nSPS) is 11.6. The Morgan fingerprint density at radius 1 is 1.03 bits per heavy atom. The SMILES string of the molecule is COc1cccc(N(CC(=O)Nc2ccc(Cl)cc2C(F)(F)F)S(=O)(=O)c2cc(C)ccc2OC)c1. The van der Waals surface area contributed by atoms with E-state index in [9.17, 15) is 26.4 Å². The minimum atomic E-state index is -4.80. The van der Waals surface area contributed by atoms with Gasteiger partial charge in [0.15, 0.2) is 0 Å². The zero-order chi connectivity index (χ0) is 26.7. The van der Waals surface area contributed by atoms with Crippen LogP contribution in [-0.2, 0) is 21.0 Å². The van der Waals surface area contributed by atoms with Crippen LogP contribution in [0.4, 0.5) is 24.5 Å². The Balaban J connectivity index is 2.07. The van der Waals surface area contributed by atoms with Crippen molar-refractivity contribution >= 4 is 38.9 Å². The summed E-state index contributed by atoms with van der Waals surface area (Å²) >= 11 is 5.70. The highest BCUT2D eigenvalue weighted by Crippen LogP contribution is 2.37. The molecule has 0 saturated heterocycles. The van der Waals surface area contributed by atoms with Crippen LogP contribution in [0.3, 0.4) is 0 Å². The minimum Gasteiger partial charge on any atom is -0.497 e. The molecular weight excluding hydrogens is 521 g/mol. The van der Waals surface area contributed by atoms with Gasteiger partial charge in [0.2, 0.25) is 5.91 Å². The van der Waals surface area contributed by atoms with Crippen molar-refractivity contribution in [1.82, 2.24) is 0 Å². The van der Waals surface area contributed by atoms with E-state index < -0.39 is 39.9 Å². The third kappa shape index (κ3) is 6.03. The van der Waals surface area contributed by atoms with Crippen LogP contribution in [0.2, 0.25) is 5.02 Å². The third-order valence-electron chi connectivity index (χ3n) is 5.08. The van der Waals surface area contributed by atoms with Gasteiger partial charge in [0.1, 0.15) is 22.9 Å². The van der Waals surface area contributed by atoms with E-state index in [0.29, 0.717) is 17.4 Å². The first-order valence-electron chi connectivity index (χ1n) is 10.3. The monoisotopic (exact) mass is 542 g/mol. The van der Waals surface area contributed by atoms with Gasteiger partial charge in [-0.3, -0.25) is 9.10 Å². The molecule has 1 amide bonds. The number of anilines is 2. The van der Waals surface area contributed by atoms with Crippen LogP contribution >= 0.6 is 11.6 Å². The van der Waals surface area contributed by atoms with Crippen LogP contribution in [0.15, 0.2) is 65.6 Å². The fourth-order valence-electron chi connectivity index (χ4n) is 3.37. The molecule has 0 aliphatic rings. The summed E-state index contributed by atoms with van der Waals surface area (Å²) in [4.78, 5) is 12.7. The molecule has 0 bridgehead atoms. The quantitative estimate of drug-likeness (QED) is 0.405. The van der Waals surface area contributed by atoms with Crippen LogP contribution in [-0.4, -0.2) is 35.1 Å². The summed E-state index contributed by atoms with van der Waals surface area (Å²) < 4.78 is 79.1. The number of nitrogens with one attached hydrogen (secondary N) is 1. The van der Waals surface area contributed by atoms with Gasteiger partial charge in [-0.05, 0) is 55.0 Å². The Kier molecular flexibility index (Phi) is 8.05. The maximum absolute atomic E-state index is 13.8. The Bertz CT molecular complexity index is 1380. The number of amides is 1. The molecule has 0 fully saturated rings. The standard InChI is InChI=1S/C24H22ClF3N2O5S/c1-15-7-10-21(35-3)22(11-15)36(32,33)30(17-5-4-6-18(13-17)34-2)14-23(31)29-20-9-8-16(25)12-19(20)24(26,27)28/h4-13H,14H2,1-3H3,(H,29,31). The largest absolute Gasteiger partial charge is 0.497 e. The summed E-state index contributed by atoms with van der Waals surface area (Å²) in [6.45, 7) is 0.840. The number of alkyl halides is 3. The molecule has 3 aromatic carbocycles. The summed E-state index contributed by atoms with van der Waals surface area (Å²) in [5, 5.41) is 1.98. The summed E-state index contributed by atoms with van der Waals surface area (Å²) in [6, 6.07) is 13.3. The fraction of sp³-hybridized carbons (Fsp3) is 0.208. The Labute approximate surface area is 211 Å². The minimum absolute atomic E-state index is 0.0333. The molecule has 7 nitrogen and oxygen atoms in total. The maximum Gasteiger partial charge on any atom is 0.418 e. The van der Waals surface area contributed by atoms with E-state index in [1.807, 2.05) is 0 Å². The highest BCUT2D eigenvalue weighted by molar-refractivity contribution is 7.93. The Morgan fingerprint density at radius 2 is 1.75 bits per heavy atom. The van der Waals surface area contributed by atoms with Crippen LogP contribution in [0.5, 0.6) is 11.5 Å². The first kappa shape index (κ1) is 27.2. The van der Waals surface area contributed by atoms with Crippen molar-refractivity contribution in [3.63, 3.8) is 0 Å². The molecule has 12 heteroatoms. The second kappa shape index (κ2) is 10.7. The van der Waals surface area contributed by atoms with Gasteiger partial charge in [0.25, 0.3) is 10.0 Å². The predicted octanol–water partition coefficient (Wildman–Crippen LogP) is 5.52. The number of sulfonamides is 1. The average molecular weight is 543 g/mol. The smallest absolute Gasteiger partial charge is 0.418 e. The molecule has 0 unspecified atom stereocenters. The molecule has 36 heavy (non-hydrogen) atoms. The van der Waals surface area contributed by atoms with E-state index in [2.05, 4.69) is 5.32 Å². The van der Waals surface area contributed by atoms with Gasteiger partial charge in [-0.2, -0.15) is 13.2 Å². The van der Waals surface area contributed by atoms with E-state index >= 15 is 0 Å². The predicted molar refractivity (Wildman–Crippen MR) is 130 cm³/mol. The molecule has 3 rings (SSSR count). The van der Waals surface area contributed by atoms with Crippen molar-refractivity contribution < 1.29 is 35.9 Å². The van der Waals surface area contributed by atoms with Gasteiger partial charge >= 0.3 is 6.18 Å². The lowest BCUT2D eigenvalue weighted by atomic mass is 10.1. The summed E-state index contributed by atoms with van der Waals surface area (Å²) in [5.41, 5.74) is -1.06. The third-order valence-corrected chi connectivity index (χ3v) is 7.11. The lowest BCUT2D eigenvalue weighted by Crippen LogP contribution is -2.38. The van der Waals surface area contributed by atoms with Gasteiger partial charge in [-0.25, -0.2) is 8.42 Å². The fourth-order valence-corrected chi connectivity index (χ4v) is 5.19. The van der Waals surface area contributed by atoms with E-state index in [4.69, 9.17) is 21.1 Å². The highest BCUT2D eigenvalue weighted by atomic mass is 35.5. The second-order valence-electron chi connectivity index (χ2n) is 7.60. The Hall–Kier alpha value is -3.44. The number of rotatable bonds is 8. The number of hydrogen-bond acceptors (Lipinski definition) is 5. The van der Waals surface area contributed by atoms with Gasteiger partial charge in [0.05, 0.1) is 31.2 Å². The number of benzene rings is 3. The number of carbonyl (C=O) groups is 1. The van der Waals surface area contributed by atoms with E-state index in [1.165, 1.54) is 50.6 Å². The molecule has 0 saturated carbocycles. The van der Waals surface area contributed by atoms with E-state index in [0.717, 1.165) is 10.4 Å². The molecule has 0 aromatic heterocycles. The number of aryl methyl sites for hydroxylation is 1. The number of carbonyl (C=O) groups excluding carboxylic acids is 1. The zero-order valence-corrected chi connectivity index (χ0v) is 21.0. The number of nitrogens with zero attached hydrogens (tertiary/aromatic N) is 1. The van der Waals surface area contributed by atoms with E-state index in [-0.39, 0.29) is 21.4 Å². The molecule has 0 atom stereocenters. The van der Waals surface area contributed by atoms with Crippen molar-refractivity contribution in [2.75, 3.05) is 30.4 Å². The highest BCUT2D eigenvalue weighted by Gasteiger charge is 2.35. The molecule has 0 aliphatic heterocycles. The summed E-state index contributed by atoms with van der Waals surface area (Å²) in [6.07, 6.45) is -4.80. The van der Waals surface area contributed by atoms with E-state index in [1.54, 1.807) is 19.1 Å². The number of methoxy groups -OCH3 is 2. The average Bonchev–Trinajstić information content (AvgIpc) is 2.83. The molecule has 192 valence electrons. The summed E-state index contributed by atoms with van der Waals surface area (Å²) in [5.74, 6) is -0.673. The molecule has 3 aromatic rings. The summed E-state index contributed by atoms with van der Waals surface area (Å²) in [7, 11) is -1.75. The van der Waals surface area contributed by atoms with Crippen LogP contribution < -0.4 is 19.1 Å². The van der Waals surface area contributed by atoms with Crippen molar-refractivity contribution in [3.8, 4) is 11.5 Å². The molecule has 0 aliphatic carbocycles. The van der Waals surface area contributed by atoms with Crippen molar-refractivity contribution in [2.24, 2.45) is 0 Å². The number of ether oxygens (including phenoxy) is 2. The molecular formula is C24H22ClF3N2O5S. The van der Waals surface area contributed by atoms with Gasteiger partial charge in [-0.15, -0.1) is 0 Å². The molecule has 0 radical (unpaired) electrons. The second-order valence-corrected chi connectivity index (χ2v) is 9.87. The lowest BCUT2D eigenvalue weighted by molar-refractivity contribution is -0.137. The Morgan fingerprint density at radius 3 is 2.39 bits per heavy atom. The number of halogens is 4. The van der Waals surface area contributed by atoms with Crippen molar-refractivity contribution in [2.45, 2.75) is 18.0 Å². The molecule has 0 spiro atoms. The maximum atomic E-state index is 13.8. The van der Waals surface area contributed by atoms with Gasteiger partial charge in [-0.1, -0.05) is 23.7 Å². The van der Waals surface area contributed by atoms with Crippen LogP contribution in [0.1, 0.15) is 11.1 Å². The van der Waals surface area contributed by atoms with Gasteiger partial charge < -0.3 is 14.8 Å². The van der Waals surface area contributed by atoms with Crippen molar-refractivity contribution in [1.29, 1.82) is 0 Å². The zero-order valence-electron chi connectivity index (χ0n) is 19.4. The first-order valence-corrected chi connectivity index (χ1v) is 12.2. The molecule has 0 heterocycles. The molecule has 1 N–H and O–H groups in total. The van der Waals surface area contributed by atoms with Crippen LogP contribution in [0.25, 0.3) is 0 Å². The first-order chi connectivity index (χ1) is 16.9.